The maximum Gasteiger partial charge on any atom is 0.0453 e. The molecule has 1 N–H and O–H groups in total. The highest BCUT2D eigenvalue weighted by atomic mass is 35.5. The molecule has 0 aliphatic rings. The third kappa shape index (κ3) is 3.87. The normalized spacial score (nSPS) is 12.4. The standard InChI is InChI=1S/C15H14Cl3N/c1-19-15(11-3-2-4-12(16)7-11)8-10-5-6-13(17)9-14(10)18/h2-7,9,15,19H,8H2,1H3. The maximum atomic E-state index is 6.21. The second-order valence-electron chi connectivity index (χ2n) is 4.34. The third-order valence-electron chi connectivity index (χ3n) is 3.04. The Morgan fingerprint density at radius 3 is 2.37 bits per heavy atom. The Morgan fingerprint density at radius 1 is 1.00 bits per heavy atom. The lowest BCUT2D eigenvalue weighted by atomic mass is 9.99. The van der Waals surface area contributed by atoms with E-state index in [0.29, 0.717) is 10.0 Å². The predicted octanol–water partition coefficient (Wildman–Crippen LogP) is 5.15. The van der Waals surface area contributed by atoms with Gasteiger partial charge in [0.1, 0.15) is 0 Å². The predicted molar refractivity (Wildman–Crippen MR) is 83.4 cm³/mol. The molecule has 1 unspecified atom stereocenters. The van der Waals surface area contributed by atoms with Crippen LogP contribution >= 0.6 is 34.8 Å². The molecule has 19 heavy (non-hydrogen) atoms. The van der Waals surface area contributed by atoms with Crippen molar-refractivity contribution in [2.45, 2.75) is 12.5 Å². The van der Waals surface area contributed by atoms with Gasteiger partial charge in [-0.25, -0.2) is 0 Å². The first-order valence-corrected chi connectivity index (χ1v) is 7.10. The second kappa shape index (κ2) is 6.62. The van der Waals surface area contributed by atoms with Crippen molar-refractivity contribution in [2.24, 2.45) is 0 Å². The maximum absolute atomic E-state index is 6.21. The van der Waals surface area contributed by atoms with Crippen LogP contribution in [0.2, 0.25) is 15.1 Å². The fourth-order valence-electron chi connectivity index (χ4n) is 2.02. The van der Waals surface area contributed by atoms with Crippen LogP contribution in [0.15, 0.2) is 42.5 Å². The Bertz CT molecular complexity index is 569. The van der Waals surface area contributed by atoms with Crippen molar-refractivity contribution < 1.29 is 0 Å². The average molecular weight is 315 g/mol. The van der Waals surface area contributed by atoms with Crippen molar-refractivity contribution in [3.8, 4) is 0 Å². The van der Waals surface area contributed by atoms with Gasteiger partial charge in [0.05, 0.1) is 0 Å². The molecule has 4 heteroatoms. The van der Waals surface area contributed by atoms with Gasteiger partial charge in [-0.15, -0.1) is 0 Å². The smallest absolute Gasteiger partial charge is 0.0453 e. The summed E-state index contributed by atoms with van der Waals surface area (Å²) in [5.41, 5.74) is 2.20. The van der Waals surface area contributed by atoms with Crippen LogP contribution in [-0.4, -0.2) is 7.05 Å². The van der Waals surface area contributed by atoms with E-state index in [0.717, 1.165) is 22.6 Å². The monoisotopic (exact) mass is 313 g/mol. The quantitative estimate of drug-likeness (QED) is 0.823. The second-order valence-corrected chi connectivity index (χ2v) is 5.62. The third-order valence-corrected chi connectivity index (χ3v) is 3.86. The molecule has 0 saturated carbocycles. The molecule has 2 aromatic carbocycles. The first-order valence-electron chi connectivity index (χ1n) is 5.97. The van der Waals surface area contributed by atoms with Gasteiger partial charge in [0.2, 0.25) is 0 Å². The molecule has 0 bridgehead atoms. The van der Waals surface area contributed by atoms with Gasteiger partial charge in [-0.05, 0) is 48.9 Å². The minimum Gasteiger partial charge on any atom is -0.313 e. The Hall–Kier alpha value is -0.730. The van der Waals surface area contributed by atoms with E-state index in [1.54, 1.807) is 6.07 Å². The number of rotatable bonds is 4. The summed E-state index contributed by atoms with van der Waals surface area (Å²) in [5, 5.41) is 5.36. The summed E-state index contributed by atoms with van der Waals surface area (Å²) in [4.78, 5) is 0. The van der Waals surface area contributed by atoms with Crippen LogP contribution in [0.1, 0.15) is 17.2 Å². The fraction of sp³-hybridized carbons (Fsp3) is 0.200. The average Bonchev–Trinajstić information content (AvgIpc) is 2.38. The molecule has 2 aromatic rings. The van der Waals surface area contributed by atoms with Crippen molar-refractivity contribution >= 4 is 34.8 Å². The van der Waals surface area contributed by atoms with Crippen LogP contribution in [-0.2, 0) is 6.42 Å². The summed E-state index contributed by atoms with van der Waals surface area (Å²) in [6.07, 6.45) is 0.785. The molecule has 0 heterocycles. The molecule has 0 spiro atoms. The van der Waals surface area contributed by atoms with E-state index in [-0.39, 0.29) is 6.04 Å². The first kappa shape index (κ1) is 14.7. The molecule has 0 aliphatic carbocycles. The van der Waals surface area contributed by atoms with Crippen LogP contribution < -0.4 is 5.32 Å². The van der Waals surface area contributed by atoms with E-state index in [4.69, 9.17) is 34.8 Å². The highest BCUT2D eigenvalue weighted by molar-refractivity contribution is 6.35. The Kier molecular flexibility index (Phi) is 5.12. The van der Waals surface area contributed by atoms with Crippen LogP contribution in [0.25, 0.3) is 0 Å². The highest BCUT2D eigenvalue weighted by Crippen LogP contribution is 2.27. The molecule has 100 valence electrons. The zero-order valence-corrected chi connectivity index (χ0v) is 12.7. The van der Waals surface area contributed by atoms with E-state index in [1.165, 1.54) is 0 Å². The molecule has 0 radical (unpaired) electrons. The summed E-state index contributed by atoms with van der Waals surface area (Å²) in [6, 6.07) is 13.6. The van der Waals surface area contributed by atoms with Gasteiger partial charge in [-0.2, -0.15) is 0 Å². The zero-order valence-electron chi connectivity index (χ0n) is 10.5. The van der Waals surface area contributed by atoms with Gasteiger partial charge in [0, 0.05) is 21.1 Å². The van der Waals surface area contributed by atoms with E-state index < -0.39 is 0 Å². The molecule has 1 atom stereocenters. The molecule has 2 rings (SSSR count). The SMILES string of the molecule is CNC(Cc1ccc(Cl)cc1Cl)c1cccc(Cl)c1. The van der Waals surface area contributed by atoms with Gasteiger partial charge < -0.3 is 5.32 Å². The Balaban J connectivity index is 2.24. The molecule has 0 aliphatic heterocycles. The minimum absolute atomic E-state index is 0.164. The minimum atomic E-state index is 0.164. The van der Waals surface area contributed by atoms with Crippen LogP contribution in [0.5, 0.6) is 0 Å². The summed E-state index contributed by atoms with van der Waals surface area (Å²) in [6.45, 7) is 0. The summed E-state index contributed by atoms with van der Waals surface area (Å²) < 4.78 is 0. The number of hydrogen-bond acceptors (Lipinski definition) is 1. The molecule has 0 amide bonds. The summed E-state index contributed by atoms with van der Waals surface area (Å²) in [7, 11) is 1.93. The van der Waals surface area contributed by atoms with Crippen molar-refractivity contribution in [3.63, 3.8) is 0 Å². The van der Waals surface area contributed by atoms with E-state index in [2.05, 4.69) is 11.4 Å². The zero-order chi connectivity index (χ0) is 13.8. The summed E-state index contributed by atoms with van der Waals surface area (Å²) >= 11 is 18.1. The molecule has 1 nitrogen and oxygen atoms in total. The molecule has 0 saturated heterocycles. The molecule has 0 fully saturated rings. The van der Waals surface area contributed by atoms with E-state index in [1.807, 2.05) is 37.4 Å². The first-order chi connectivity index (χ1) is 9.10. The molecular weight excluding hydrogens is 301 g/mol. The van der Waals surface area contributed by atoms with E-state index >= 15 is 0 Å². The highest BCUT2D eigenvalue weighted by Gasteiger charge is 2.12. The number of likely N-dealkylation sites (N-methyl/N-ethyl adjacent to an activating group) is 1. The van der Waals surface area contributed by atoms with Gasteiger partial charge in [0.25, 0.3) is 0 Å². The van der Waals surface area contributed by atoms with Gasteiger partial charge in [0.15, 0.2) is 0 Å². The topological polar surface area (TPSA) is 12.0 Å². The van der Waals surface area contributed by atoms with Crippen molar-refractivity contribution in [1.82, 2.24) is 5.32 Å². The molecular formula is C15H14Cl3N. The van der Waals surface area contributed by atoms with E-state index in [9.17, 15) is 0 Å². The van der Waals surface area contributed by atoms with Crippen LogP contribution in [0.4, 0.5) is 0 Å². The van der Waals surface area contributed by atoms with Crippen LogP contribution in [0, 0.1) is 0 Å². The number of nitrogens with one attached hydrogen (secondary N) is 1. The van der Waals surface area contributed by atoms with Gasteiger partial charge >= 0.3 is 0 Å². The lowest BCUT2D eigenvalue weighted by Gasteiger charge is -2.18. The van der Waals surface area contributed by atoms with Gasteiger partial charge in [-0.3, -0.25) is 0 Å². The largest absolute Gasteiger partial charge is 0.313 e. The number of halogens is 3. The molecule has 0 aromatic heterocycles. The fourth-order valence-corrected chi connectivity index (χ4v) is 2.70. The van der Waals surface area contributed by atoms with Crippen molar-refractivity contribution in [2.75, 3.05) is 7.05 Å². The lowest BCUT2D eigenvalue weighted by Crippen LogP contribution is -2.19. The Labute approximate surface area is 128 Å². The van der Waals surface area contributed by atoms with Crippen LogP contribution in [0.3, 0.4) is 0 Å². The number of hydrogen-bond donors (Lipinski definition) is 1. The van der Waals surface area contributed by atoms with Crippen molar-refractivity contribution in [3.05, 3.63) is 68.7 Å². The van der Waals surface area contributed by atoms with Gasteiger partial charge in [-0.1, -0.05) is 53.0 Å². The summed E-state index contributed by atoms with van der Waals surface area (Å²) in [5.74, 6) is 0. The van der Waals surface area contributed by atoms with Crippen molar-refractivity contribution in [1.29, 1.82) is 0 Å². The lowest BCUT2D eigenvalue weighted by molar-refractivity contribution is 0.592. The Morgan fingerprint density at radius 2 is 1.74 bits per heavy atom. The number of benzene rings is 2.